The number of aromatic hydroxyl groups is 1. The molecule has 1 aliphatic heterocycles. The summed E-state index contributed by atoms with van der Waals surface area (Å²) in [7, 11) is 1.26. The van der Waals surface area contributed by atoms with Gasteiger partial charge in [0.25, 0.3) is 0 Å². The number of phenols is 1. The van der Waals surface area contributed by atoms with Crippen LogP contribution in [0.3, 0.4) is 0 Å². The normalized spacial score (nSPS) is 15.0. The van der Waals surface area contributed by atoms with E-state index in [4.69, 9.17) is 9.47 Å². The SMILES string of the molecule is COC(=O)[C@H](CNC(=O)C1=COCCC1)Cc1ccc(O)c(F)c1. The molecule has 0 saturated carbocycles. The lowest BCUT2D eigenvalue weighted by molar-refractivity contribution is -0.145. The zero-order valence-electron chi connectivity index (χ0n) is 13.4. The summed E-state index contributed by atoms with van der Waals surface area (Å²) in [5.74, 6) is -2.67. The molecular formula is C17H20FNO5. The number of carbonyl (C=O) groups is 2. The van der Waals surface area contributed by atoms with E-state index in [1.807, 2.05) is 0 Å². The number of esters is 1. The fourth-order valence-corrected chi connectivity index (χ4v) is 2.43. The van der Waals surface area contributed by atoms with Crippen molar-refractivity contribution >= 4 is 11.9 Å². The van der Waals surface area contributed by atoms with E-state index in [-0.39, 0.29) is 18.9 Å². The van der Waals surface area contributed by atoms with Crippen molar-refractivity contribution in [1.82, 2.24) is 5.32 Å². The summed E-state index contributed by atoms with van der Waals surface area (Å²) in [4.78, 5) is 24.0. The van der Waals surface area contributed by atoms with Crippen LogP contribution in [0.2, 0.25) is 0 Å². The average molecular weight is 337 g/mol. The van der Waals surface area contributed by atoms with Gasteiger partial charge >= 0.3 is 5.97 Å². The van der Waals surface area contributed by atoms with Crippen LogP contribution in [-0.2, 0) is 25.5 Å². The summed E-state index contributed by atoms with van der Waals surface area (Å²) in [6, 6.07) is 3.90. The maximum atomic E-state index is 13.4. The summed E-state index contributed by atoms with van der Waals surface area (Å²) in [6.07, 6.45) is 3.01. The van der Waals surface area contributed by atoms with Gasteiger partial charge < -0.3 is 19.9 Å². The van der Waals surface area contributed by atoms with E-state index in [0.717, 1.165) is 12.5 Å². The molecule has 1 amide bonds. The second-order valence-corrected chi connectivity index (χ2v) is 5.54. The van der Waals surface area contributed by atoms with Gasteiger partial charge in [0, 0.05) is 6.54 Å². The number of halogens is 1. The van der Waals surface area contributed by atoms with Gasteiger partial charge in [-0.2, -0.15) is 0 Å². The second kappa shape index (κ2) is 8.33. The molecular weight excluding hydrogens is 317 g/mol. The molecule has 1 atom stereocenters. The Kier molecular flexibility index (Phi) is 6.17. The maximum absolute atomic E-state index is 13.4. The van der Waals surface area contributed by atoms with E-state index in [1.165, 1.54) is 25.5 Å². The Balaban J connectivity index is 2.00. The number of ether oxygens (including phenoxy) is 2. The third-order valence-electron chi connectivity index (χ3n) is 3.76. The Hall–Kier alpha value is -2.57. The minimum absolute atomic E-state index is 0.0609. The Morgan fingerprint density at radius 1 is 1.46 bits per heavy atom. The molecule has 0 bridgehead atoms. The quantitative estimate of drug-likeness (QED) is 0.772. The molecule has 24 heavy (non-hydrogen) atoms. The molecule has 2 rings (SSSR count). The summed E-state index contributed by atoms with van der Waals surface area (Å²) in [5.41, 5.74) is 1.05. The minimum atomic E-state index is -0.760. The molecule has 1 heterocycles. The summed E-state index contributed by atoms with van der Waals surface area (Å²) >= 11 is 0. The van der Waals surface area contributed by atoms with Gasteiger partial charge in [-0.15, -0.1) is 0 Å². The molecule has 1 aromatic rings. The lowest BCUT2D eigenvalue weighted by Gasteiger charge is -2.18. The molecule has 0 spiro atoms. The van der Waals surface area contributed by atoms with Crippen molar-refractivity contribution in [2.75, 3.05) is 20.3 Å². The zero-order valence-corrected chi connectivity index (χ0v) is 13.4. The van der Waals surface area contributed by atoms with E-state index >= 15 is 0 Å². The van der Waals surface area contributed by atoms with Crippen LogP contribution in [0.1, 0.15) is 18.4 Å². The van der Waals surface area contributed by atoms with Crippen molar-refractivity contribution in [3.8, 4) is 5.75 Å². The molecule has 7 heteroatoms. The van der Waals surface area contributed by atoms with E-state index in [9.17, 15) is 19.1 Å². The standard InChI is InChI=1S/C17H20FNO5/c1-23-17(22)13(7-11-4-5-15(20)14(18)8-11)9-19-16(21)12-3-2-6-24-10-12/h4-5,8,10,13,20H,2-3,6-7,9H2,1H3,(H,19,21)/t13-/m0/s1. The van der Waals surface area contributed by atoms with E-state index in [1.54, 1.807) is 0 Å². The van der Waals surface area contributed by atoms with E-state index < -0.39 is 23.5 Å². The van der Waals surface area contributed by atoms with Gasteiger partial charge in [0.15, 0.2) is 11.6 Å². The highest BCUT2D eigenvalue weighted by Crippen LogP contribution is 2.19. The third-order valence-corrected chi connectivity index (χ3v) is 3.76. The summed E-state index contributed by atoms with van der Waals surface area (Å²) in [6.45, 7) is 0.652. The first-order chi connectivity index (χ1) is 11.5. The maximum Gasteiger partial charge on any atom is 0.310 e. The number of hydrogen-bond donors (Lipinski definition) is 2. The molecule has 130 valence electrons. The first-order valence-corrected chi connectivity index (χ1v) is 7.65. The molecule has 0 aromatic heterocycles. The summed E-state index contributed by atoms with van der Waals surface area (Å²) < 4.78 is 23.3. The molecule has 0 aliphatic carbocycles. The van der Waals surface area contributed by atoms with E-state index in [0.29, 0.717) is 24.2 Å². The van der Waals surface area contributed by atoms with Crippen LogP contribution in [0.4, 0.5) is 4.39 Å². The van der Waals surface area contributed by atoms with Crippen LogP contribution in [-0.4, -0.2) is 37.2 Å². The molecule has 1 aromatic carbocycles. The largest absolute Gasteiger partial charge is 0.505 e. The van der Waals surface area contributed by atoms with Crippen molar-refractivity contribution in [3.63, 3.8) is 0 Å². The predicted molar refractivity (Wildman–Crippen MR) is 83.6 cm³/mol. The van der Waals surface area contributed by atoms with Crippen LogP contribution < -0.4 is 5.32 Å². The highest BCUT2D eigenvalue weighted by Gasteiger charge is 2.22. The first-order valence-electron chi connectivity index (χ1n) is 7.65. The number of nitrogens with one attached hydrogen (secondary N) is 1. The molecule has 6 nitrogen and oxygen atoms in total. The van der Waals surface area contributed by atoms with Crippen LogP contribution in [0, 0.1) is 11.7 Å². The van der Waals surface area contributed by atoms with Gasteiger partial charge in [0.1, 0.15) is 0 Å². The Morgan fingerprint density at radius 3 is 2.88 bits per heavy atom. The highest BCUT2D eigenvalue weighted by atomic mass is 19.1. The summed E-state index contributed by atoms with van der Waals surface area (Å²) in [5, 5.41) is 11.9. The van der Waals surface area contributed by atoms with Gasteiger partial charge in [-0.3, -0.25) is 9.59 Å². The molecule has 0 saturated heterocycles. The smallest absolute Gasteiger partial charge is 0.310 e. The van der Waals surface area contributed by atoms with Gasteiger partial charge in [0.05, 0.1) is 31.5 Å². The lowest BCUT2D eigenvalue weighted by atomic mass is 9.98. The van der Waals surface area contributed by atoms with E-state index in [2.05, 4.69) is 5.32 Å². The van der Waals surface area contributed by atoms with Crippen molar-refractivity contribution < 1.29 is 28.6 Å². The fourth-order valence-electron chi connectivity index (χ4n) is 2.43. The Bertz CT molecular complexity index is 644. The number of methoxy groups -OCH3 is 1. The molecule has 2 N–H and O–H groups in total. The lowest BCUT2D eigenvalue weighted by Crippen LogP contribution is -2.35. The van der Waals surface area contributed by atoms with Crippen molar-refractivity contribution in [2.24, 2.45) is 5.92 Å². The van der Waals surface area contributed by atoms with Crippen molar-refractivity contribution in [3.05, 3.63) is 41.4 Å². The number of benzene rings is 1. The number of hydrogen-bond acceptors (Lipinski definition) is 5. The Morgan fingerprint density at radius 2 is 2.25 bits per heavy atom. The van der Waals surface area contributed by atoms with Gasteiger partial charge in [-0.25, -0.2) is 4.39 Å². The van der Waals surface area contributed by atoms with Crippen molar-refractivity contribution in [1.29, 1.82) is 0 Å². The van der Waals surface area contributed by atoms with Crippen LogP contribution in [0.5, 0.6) is 5.75 Å². The monoisotopic (exact) mass is 337 g/mol. The van der Waals surface area contributed by atoms with Crippen molar-refractivity contribution in [2.45, 2.75) is 19.3 Å². The molecule has 0 radical (unpaired) electrons. The minimum Gasteiger partial charge on any atom is -0.505 e. The predicted octanol–water partition coefficient (Wildman–Crippen LogP) is 1.67. The third kappa shape index (κ3) is 4.71. The van der Waals surface area contributed by atoms with Crippen LogP contribution in [0.15, 0.2) is 30.0 Å². The Labute approximate surface area is 139 Å². The fraction of sp³-hybridized carbons (Fsp3) is 0.412. The average Bonchev–Trinajstić information content (AvgIpc) is 2.61. The number of phenolic OH excluding ortho intramolecular Hbond substituents is 1. The zero-order chi connectivity index (χ0) is 17.5. The molecule has 0 unspecified atom stereocenters. The van der Waals surface area contributed by atoms with Crippen LogP contribution in [0.25, 0.3) is 0 Å². The number of rotatable bonds is 6. The second-order valence-electron chi connectivity index (χ2n) is 5.54. The topological polar surface area (TPSA) is 84.9 Å². The highest BCUT2D eigenvalue weighted by molar-refractivity contribution is 5.93. The van der Waals surface area contributed by atoms with Crippen LogP contribution >= 0.6 is 0 Å². The molecule has 0 fully saturated rings. The number of amides is 1. The molecule has 1 aliphatic rings. The van der Waals surface area contributed by atoms with Gasteiger partial charge in [0.2, 0.25) is 5.91 Å². The van der Waals surface area contributed by atoms with Gasteiger partial charge in [-0.05, 0) is 37.0 Å². The number of carbonyl (C=O) groups excluding carboxylic acids is 2. The van der Waals surface area contributed by atoms with Gasteiger partial charge in [-0.1, -0.05) is 6.07 Å². The first kappa shape index (κ1) is 17.8.